The Hall–Kier alpha value is -4.76. The number of amides is 3. The summed E-state index contributed by atoms with van der Waals surface area (Å²) in [6.45, 7) is 11.1. The van der Waals surface area contributed by atoms with Gasteiger partial charge in [-0.15, -0.1) is 0 Å². The van der Waals surface area contributed by atoms with E-state index in [0.29, 0.717) is 17.8 Å². The molecule has 0 radical (unpaired) electrons. The van der Waals surface area contributed by atoms with Crippen molar-refractivity contribution in [1.29, 1.82) is 0 Å². The van der Waals surface area contributed by atoms with E-state index in [1.165, 1.54) is 12.1 Å². The van der Waals surface area contributed by atoms with Gasteiger partial charge >= 0.3 is 12.2 Å². The highest BCUT2D eigenvalue weighted by Crippen LogP contribution is 2.30. The van der Waals surface area contributed by atoms with Crippen molar-refractivity contribution in [2.75, 3.05) is 47.6 Å². The van der Waals surface area contributed by atoms with Gasteiger partial charge in [-0.05, 0) is 89.9 Å². The third kappa shape index (κ3) is 11.1. The molecule has 0 bridgehead atoms. The lowest BCUT2D eigenvalue weighted by Crippen LogP contribution is -2.58. The van der Waals surface area contributed by atoms with Crippen molar-refractivity contribution < 1.29 is 29.0 Å². The zero-order valence-corrected chi connectivity index (χ0v) is 30.7. The van der Waals surface area contributed by atoms with E-state index in [4.69, 9.17) is 32.7 Å². The Morgan fingerprint density at radius 1 is 0.880 bits per heavy atom. The number of carbonyl (C=O) groups is 3. The normalized spacial score (nSPS) is 16.2. The van der Waals surface area contributed by atoms with Gasteiger partial charge in [-0.3, -0.25) is 4.79 Å². The van der Waals surface area contributed by atoms with Crippen molar-refractivity contribution in [2.24, 2.45) is 0 Å². The molecule has 15 nitrogen and oxygen atoms in total. The topological polar surface area (TPSA) is 183 Å². The van der Waals surface area contributed by atoms with Crippen LogP contribution in [0.3, 0.4) is 0 Å². The number of phenolic OH excluding ortho intramolecular Hbond substituents is 1. The fourth-order valence-corrected chi connectivity index (χ4v) is 5.34. The number of piperidine rings is 1. The minimum Gasteiger partial charge on any atom is -0.507 e. The number of benzene rings is 2. The van der Waals surface area contributed by atoms with Crippen LogP contribution < -0.4 is 31.1 Å². The zero-order valence-electron chi connectivity index (χ0n) is 29.2. The Kier molecular flexibility index (Phi) is 11.7. The quantitative estimate of drug-likeness (QED) is 0.184. The summed E-state index contributed by atoms with van der Waals surface area (Å²) in [5.41, 5.74) is 0.209. The zero-order chi connectivity index (χ0) is 37.0. The molecule has 3 amide bonds. The standard InChI is InChI=1S/C33H43Cl2N9O6/c1-32(2,3)49-30(47)37-19-13-20(38-31(48)50-33(4,5)6)17-44(16-19)29-41-27(35)40-28(42-29)36-18-9-12-24(23(34)14-18)39-26(46)22-11-10-21(43(7)8)15-25(22)45/h9-12,14-15,19-20,45H,13,16-17H2,1-8H3,(H,37,47)(H,38,48)(H,39,46)(H,36,40,41,42)/t19-,20+. The maximum absolute atomic E-state index is 12.9. The number of nitrogens with one attached hydrogen (secondary N) is 4. The first-order valence-corrected chi connectivity index (χ1v) is 16.5. The van der Waals surface area contributed by atoms with Crippen LogP contribution >= 0.6 is 23.2 Å². The van der Waals surface area contributed by atoms with E-state index in [9.17, 15) is 19.5 Å². The highest BCUT2D eigenvalue weighted by atomic mass is 35.5. The number of rotatable bonds is 8. The van der Waals surface area contributed by atoms with Gasteiger partial charge in [-0.2, -0.15) is 15.0 Å². The van der Waals surface area contributed by atoms with Crippen LogP contribution in [0.15, 0.2) is 36.4 Å². The molecule has 0 unspecified atom stereocenters. The summed E-state index contributed by atoms with van der Waals surface area (Å²) in [7, 11) is 3.65. The molecule has 50 heavy (non-hydrogen) atoms. The lowest BCUT2D eigenvalue weighted by Gasteiger charge is -2.38. The van der Waals surface area contributed by atoms with E-state index in [2.05, 4.69) is 36.2 Å². The minimum absolute atomic E-state index is 0.0889. The molecule has 1 aliphatic heterocycles. The number of ether oxygens (including phenoxy) is 2. The number of hydrogen-bond acceptors (Lipinski definition) is 12. The molecule has 17 heteroatoms. The predicted octanol–water partition coefficient (Wildman–Crippen LogP) is 5.94. The van der Waals surface area contributed by atoms with Crippen LogP contribution in [0.25, 0.3) is 0 Å². The van der Waals surface area contributed by atoms with E-state index in [0.717, 1.165) is 5.69 Å². The van der Waals surface area contributed by atoms with E-state index >= 15 is 0 Å². The van der Waals surface area contributed by atoms with Crippen molar-refractivity contribution >= 4 is 70.3 Å². The van der Waals surface area contributed by atoms with Crippen molar-refractivity contribution in [1.82, 2.24) is 25.6 Å². The summed E-state index contributed by atoms with van der Waals surface area (Å²) < 4.78 is 10.9. The van der Waals surface area contributed by atoms with Crippen LogP contribution in [0.2, 0.25) is 10.3 Å². The number of halogens is 2. The summed E-state index contributed by atoms with van der Waals surface area (Å²) >= 11 is 12.8. The SMILES string of the molecule is CN(C)c1ccc(C(=O)Nc2ccc(Nc3nc(Cl)nc(N4C[C@H](NC(=O)OC(C)(C)C)C[C@H](NC(=O)OC(C)(C)C)C4)n3)cc2Cl)c(O)c1. The minimum atomic E-state index is -0.706. The van der Waals surface area contributed by atoms with Gasteiger partial charge in [0.15, 0.2) is 0 Å². The first kappa shape index (κ1) is 38.0. The molecule has 0 saturated carbocycles. The molecule has 5 N–H and O–H groups in total. The number of nitrogens with zero attached hydrogens (tertiary/aromatic N) is 5. The molecule has 1 aromatic heterocycles. The molecule has 1 fully saturated rings. The lowest BCUT2D eigenvalue weighted by molar-refractivity contribution is 0.0475. The predicted molar refractivity (Wildman–Crippen MR) is 193 cm³/mol. The largest absolute Gasteiger partial charge is 0.507 e. The van der Waals surface area contributed by atoms with Gasteiger partial charge < -0.3 is 45.6 Å². The Morgan fingerprint density at radius 3 is 2.00 bits per heavy atom. The molecule has 1 saturated heterocycles. The van der Waals surface area contributed by atoms with Crippen LogP contribution in [-0.4, -0.2) is 88.6 Å². The molecular weight excluding hydrogens is 689 g/mol. The average Bonchev–Trinajstić information content (AvgIpc) is 2.96. The second kappa shape index (κ2) is 15.4. The van der Waals surface area contributed by atoms with Gasteiger partial charge in [-0.1, -0.05) is 11.6 Å². The Labute approximate surface area is 301 Å². The van der Waals surface area contributed by atoms with Crippen LogP contribution in [-0.2, 0) is 9.47 Å². The molecule has 1 aliphatic rings. The van der Waals surface area contributed by atoms with Gasteiger partial charge in [0.05, 0.1) is 28.4 Å². The molecule has 4 rings (SSSR count). The Bertz CT molecular complexity index is 1690. The summed E-state index contributed by atoms with van der Waals surface area (Å²) in [4.78, 5) is 54.8. The maximum Gasteiger partial charge on any atom is 0.407 e. The van der Waals surface area contributed by atoms with Crippen molar-refractivity contribution in [3.05, 3.63) is 52.3 Å². The van der Waals surface area contributed by atoms with Gasteiger partial charge in [0, 0.05) is 44.6 Å². The lowest BCUT2D eigenvalue weighted by atomic mass is 10.0. The molecule has 2 atom stereocenters. The number of anilines is 5. The monoisotopic (exact) mass is 731 g/mol. The molecule has 3 aromatic rings. The molecule has 2 aromatic carbocycles. The van der Waals surface area contributed by atoms with E-state index in [1.807, 2.05) is 14.1 Å². The van der Waals surface area contributed by atoms with Crippen LogP contribution in [0.5, 0.6) is 5.75 Å². The number of hydrogen-bond donors (Lipinski definition) is 5. The number of alkyl carbamates (subject to hydrolysis) is 2. The average molecular weight is 733 g/mol. The van der Waals surface area contributed by atoms with Crippen molar-refractivity contribution in [2.45, 2.75) is 71.2 Å². The summed E-state index contributed by atoms with van der Waals surface area (Å²) in [6.07, 6.45) is -0.819. The number of aromatic nitrogens is 3. The van der Waals surface area contributed by atoms with E-state index < -0.39 is 41.4 Å². The van der Waals surface area contributed by atoms with Gasteiger partial charge in [0.25, 0.3) is 5.91 Å². The van der Waals surface area contributed by atoms with Crippen molar-refractivity contribution in [3.8, 4) is 5.75 Å². The first-order chi connectivity index (χ1) is 23.2. The number of phenols is 1. The maximum atomic E-state index is 12.9. The van der Waals surface area contributed by atoms with Gasteiger partial charge in [0.2, 0.25) is 17.2 Å². The summed E-state index contributed by atoms with van der Waals surface area (Å²) in [6, 6.07) is 8.62. The molecular formula is C33H43Cl2N9O6. The molecule has 0 aliphatic carbocycles. The number of aromatic hydroxyl groups is 1. The second-order valence-corrected chi connectivity index (χ2v) is 14.7. The molecule has 0 spiro atoms. The van der Waals surface area contributed by atoms with Crippen molar-refractivity contribution in [3.63, 3.8) is 0 Å². The molecule has 2 heterocycles. The number of carbonyl (C=O) groups excluding carboxylic acids is 3. The fraction of sp³-hybridized carbons (Fsp3) is 0.455. The van der Waals surface area contributed by atoms with Crippen LogP contribution in [0.1, 0.15) is 58.3 Å². The second-order valence-electron chi connectivity index (χ2n) is 13.9. The van der Waals surface area contributed by atoms with Gasteiger partial charge in [0.1, 0.15) is 17.0 Å². The first-order valence-electron chi connectivity index (χ1n) is 15.8. The van der Waals surface area contributed by atoms with Crippen LogP contribution in [0.4, 0.5) is 38.5 Å². The van der Waals surface area contributed by atoms with E-state index in [1.54, 1.807) is 75.6 Å². The summed E-state index contributed by atoms with van der Waals surface area (Å²) in [5.74, 6) is -0.421. The van der Waals surface area contributed by atoms with Crippen LogP contribution in [0, 0.1) is 0 Å². The van der Waals surface area contributed by atoms with Gasteiger partial charge in [-0.25, -0.2) is 9.59 Å². The third-order valence-electron chi connectivity index (χ3n) is 6.99. The Balaban J connectivity index is 1.51. The smallest absolute Gasteiger partial charge is 0.407 e. The Morgan fingerprint density at radius 2 is 1.48 bits per heavy atom. The highest BCUT2D eigenvalue weighted by molar-refractivity contribution is 6.34. The fourth-order valence-electron chi connectivity index (χ4n) is 4.96. The molecule has 270 valence electrons. The summed E-state index contributed by atoms with van der Waals surface area (Å²) in [5, 5.41) is 22.0. The highest BCUT2D eigenvalue weighted by Gasteiger charge is 2.33. The third-order valence-corrected chi connectivity index (χ3v) is 7.47. The van der Waals surface area contributed by atoms with E-state index in [-0.39, 0.29) is 46.6 Å².